The van der Waals surface area contributed by atoms with E-state index in [-0.39, 0.29) is 6.09 Å². The van der Waals surface area contributed by atoms with Gasteiger partial charge in [-0.1, -0.05) is 0 Å². The van der Waals surface area contributed by atoms with Crippen LogP contribution in [0.1, 0.15) is 46.5 Å². The molecule has 0 saturated carbocycles. The highest BCUT2D eigenvalue weighted by atomic mass is 35.5. The summed E-state index contributed by atoms with van der Waals surface area (Å²) in [6.07, 6.45) is 3.50. The van der Waals surface area contributed by atoms with E-state index in [1.807, 2.05) is 20.8 Å². The normalized spacial score (nSPS) is 11.3. The average Bonchev–Trinajstić information content (AvgIpc) is 2.24. The number of carbonyl (C=O) groups excluding carboxylic acids is 1. The number of alkyl halides is 1. The highest BCUT2D eigenvalue weighted by Gasteiger charge is 2.15. The van der Waals surface area contributed by atoms with E-state index in [0.717, 1.165) is 38.9 Å². The quantitative estimate of drug-likeness (QED) is 0.520. The smallest absolute Gasteiger partial charge is 0.407 e. The van der Waals surface area contributed by atoms with Gasteiger partial charge in [0.05, 0.1) is 0 Å². The first-order valence-corrected chi connectivity index (χ1v) is 7.10. The molecule has 0 fully saturated rings. The largest absolute Gasteiger partial charge is 0.444 e. The third kappa shape index (κ3) is 13.6. The number of rotatable bonds is 9. The molecular formula is C13H26ClNO3. The van der Waals surface area contributed by atoms with Crippen LogP contribution in [0.25, 0.3) is 0 Å². The maximum atomic E-state index is 11.3. The fourth-order valence-electron chi connectivity index (χ4n) is 1.23. The summed E-state index contributed by atoms with van der Waals surface area (Å²) in [4.78, 5) is 11.3. The molecule has 108 valence electrons. The molecule has 0 unspecified atom stereocenters. The highest BCUT2D eigenvalue weighted by molar-refractivity contribution is 6.17. The van der Waals surface area contributed by atoms with Crippen LogP contribution in [0, 0.1) is 0 Å². The standard InChI is InChI=1S/C13H26ClNO3/c1-13(2,3)18-12(16)15-9-5-7-11-17-10-6-4-8-14/h4-11H2,1-3H3,(H,15,16). The summed E-state index contributed by atoms with van der Waals surface area (Å²) >= 11 is 5.55. The van der Waals surface area contributed by atoms with E-state index in [1.165, 1.54) is 0 Å². The molecule has 0 aromatic carbocycles. The zero-order valence-corrected chi connectivity index (χ0v) is 12.5. The van der Waals surface area contributed by atoms with Crippen LogP contribution in [0.4, 0.5) is 4.79 Å². The van der Waals surface area contributed by atoms with E-state index < -0.39 is 5.60 Å². The van der Waals surface area contributed by atoms with Gasteiger partial charge < -0.3 is 14.8 Å². The number of carbonyl (C=O) groups is 1. The van der Waals surface area contributed by atoms with Gasteiger partial charge >= 0.3 is 6.09 Å². The Morgan fingerprint density at radius 3 is 2.28 bits per heavy atom. The molecule has 0 spiro atoms. The van der Waals surface area contributed by atoms with Crippen molar-refractivity contribution in [2.75, 3.05) is 25.6 Å². The third-order valence-corrected chi connectivity index (χ3v) is 2.32. The summed E-state index contributed by atoms with van der Waals surface area (Å²) < 4.78 is 10.5. The predicted molar refractivity (Wildman–Crippen MR) is 74.2 cm³/mol. The highest BCUT2D eigenvalue weighted by Crippen LogP contribution is 2.06. The number of hydrogen-bond donors (Lipinski definition) is 1. The van der Waals surface area contributed by atoms with Crippen molar-refractivity contribution in [3.05, 3.63) is 0 Å². The second-order valence-corrected chi connectivity index (χ2v) is 5.52. The van der Waals surface area contributed by atoms with Gasteiger partial charge in [-0.3, -0.25) is 0 Å². The van der Waals surface area contributed by atoms with Crippen molar-refractivity contribution in [1.29, 1.82) is 0 Å². The molecule has 1 amide bonds. The molecule has 0 bridgehead atoms. The van der Waals surface area contributed by atoms with Crippen LogP contribution in [0.2, 0.25) is 0 Å². The summed E-state index contributed by atoms with van der Waals surface area (Å²) in [7, 11) is 0. The third-order valence-electron chi connectivity index (χ3n) is 2.06. The van der Waals surface area contributed by atoms with Crippen molar-refractivity contribution in [1.82, 2.24) is 5.32 Å². The summed E-state index contributed by atoms with van der Waals surface area (Å²) in [6.45, 7) is 7.67. The monoisotopic (exact) mass is 279 g/mol. The summed E-state index contributed by atoms with van der Waals surface area (Å²) in [5.41, 5.74) is -0.435. The molecule has 0 aromatic heterocycles. The molecule has 0 saturated heterocycles. The SMILES string of the molecule is CC(C)(C)OC(=O)NCCCCOCCCCCl. The van der Waals surface area contributed by atoms with Crippen molar-refractivity contribution in [3.63, 3.8) is 0 Å². The van der Waals surface area contributed by atoms with Crippen LogP contribution in [0.15, 0.2) is 0 Å². The molecule has 0 atom stereocenters. The lowest BCUT2D eigenvalue weighted by Gasteiger charge is -2.19. The molecular weight excluding hydrogens is 254 g/mol. The predicted octanol–water partition coefficient (Wildman–Crippen LogP) is 3.33. The zero-order valence-electron chi connectivity index (χ0n) is 11.8. The molecule has 4 nitrogen and oxygen atoms in total. The fraction of sp³-hybridized carbons (Fsp3) is 0.923. The zero-order chi connectivity index (χ0) is 13.9. The van der Waals surface area contributed by atoms with Gasteiger partial charge in [0.25, 0.3) is 0 Å². The first-order chi connectivity index (χ1) is 8.45. The summed E-state index contributed by atoms with van der Waals surface area (Å²) in [5.74, 6) is 0.698. The Morgan fingerprint density at radius 2 is 1.72 bits per heavy atom. The lowest BCUT2D eigenvalue weighted by atomic mass is 10.2. The van der Waals surface area contributed by atoms with Crippen molar-refractivity contribution in [2.24, 2.45) is 0 Å². The van der Waals surface area contributed by atoms with Gasteiger partial charge in [0.2, 0.25) is 0 Å². The van der Waals surface area contributed by atoms with Crippen molar-refractivity contribution in [2.45, 2.75) is 52.1 Å². The molecule has 0 radical (unpaired) electrons. The van der Waals surface area contributed by atoms with Crippen LogP contribution < -0.4 is 5.32 Å². The number of alkyl carbamates (subject to hydrolysis) is 1. The van der Waals surface area contributed by atoms with Gasteiger partial charge in [-0.25, -0.2) is 4.79 Å². The van der Waals surface area contributed by atoms with Crippen molar-refractivity contribution in [3.8, 4) is 0 Å². The minimum atomic E-state index is -0.435. The molecule has 0 aromatic rings. The second-order valence-electron chi connectivity index (χ2n) is 5.14. The first kappa shape index (κ1) is 17.5. The Labute approximate surface area is 115 Å². The molecule has 1 N–H and O–H groups in total. The number of halogens is 1. The number of hydrogen-bond acceptors (Lipinski definition) is 3. The maximum absolute atomic E-state index is 11.3. The maximum Gasteiger partial charge on any atom is 0.407 e. The Morgan fingerprint density at radius 1 is 1.11 bits per heavy atom. The van der Waals surface area contributed by atoms with Crippen LogP contribution in [0.5, 0.6) is 0 Å². The average molecular weight is 280 g/mol. The van der Waals surface area contributed by atoms with E-state index in [2.05, 4.69) is 5.32 Å². The molecule has 18 heavy (non-hydrogen) atoms. The first-order valence-electron chi connectivity index (χ1n) is 6.56. The van der Waals surface area contributed by atoms with Gasteiger partial charge in [0.15, 0.2) is 0 Å². The lowest BCUT2D eigenvalue weighted by Crippen LogP contribution is -2.33. The number of unbranched alkanes of at least 4 members (excludes halogenated alkanes) is 2. The number of ether oxygens (including phenoxy) is 2. The molecule has 0 rings (SSSR count). The van der Waals surface area contributed by atoms with Crippen LogP contribution in [0.3, 0.4) is 0 Å². The van der Waals surface area contributed by atoms with Crippen LogP contribution in [-0.4, -0.2) is 37.3 Å². The number of amides is 1. The molecule has 0 aliphatic carbocycles. The summed E-state index contributed by atoms with van der Waals surface area (Å²) in [5, 5.41) is 2.72. The van der Waals surface area contributed by atoms with Gasteiger partial charge in [0.1, 0.15) is 5.60 Å². The minimum Gasteiger partial charge on any atom is -0.444 e. The van der Waals surface area contributed by atoms with Gasteiger partial charge in [-0.15, -0.1) is 11.6 Å². The Balaban J connectivity index is 3.23. The molecule has 0 aliphatic heterocycles. The van der Waals surface area contributed by atoms with E-state index in [9.17, 15) is 4.79 Å². The van der Waals surface area contributed by atoms with E-state index >= 15 is 0 Å². The van der Waals surface area contributed by atoms with E-state index in [0.29, 0.717) is 12.4 Å². The van der Waals surface area contributed by atoms with Crippen LogP contribution in [-0.2, 0) is 9.47 Å². The van der Waals surface area contributed by atoms with Crippen molar-refractivity contribution >= 4 is 17.7 Å². The summed E-state index contributed by atoms with van der Waals surface area (Å²) in [6, 6.07) is 0. The van der Waals surface area contributed by atoms with E-state index in [4.69, 9.17) is 21.1 Å². The fourth-order valence-corrected chi connectivity index (χ4v) is 1.42. The van der Waals surface area contributed by atoms with Gasteiger partial charge in [-0.2, -0.15) is 0 Å². The number of nitrogens with one attached hydrogen (secondary N) is 1. The van der Waals surface area contributed by atoms with Gasteiger partial charge in [-0.05, 0) is 46.5 Å². The Bertz CT molecular complexity index is 217. The molecule has 0 aliphatic rings. The van der Waals surface area contributed by atoms with Crippen molar-refractivity contribution < 1.29 is 14.3 Å². The molecule has 5 heteroatoms. The minimum absolute atomic E-state index is 0.356. The lowest BCUT2D eigenvalue weighted by molar-refractivity contribution is 0.0524. The molecule has 0 heterocycles. The Hall–Kier alpha value is -0.480. The topological polar surface area (TPSA) is 47.6 Å². The van der Waals surface area contributed by atoms with E-state index in [1.54, 1.807) is 0 Å². The van der Waals surface area contributed by atoms with Gasteiger partial charge in [0, 0.05) is 25.6 Å². The van der Waals surface area contributed by atoms with Crippen LogP contribution >= 0.6 is 11.6 Å². The second kappa shape index (κ2) is 10.4. The Kier molecular flexibility index (Phi) is 10.2.